The number of fused-ring (bicyclic) bond motifs is 1. The number of hydrogen-bond acceptors (Lipinski definition) is 3. The Kier molecular flexibility index (Phi) is 9.85. The molecule has 0 bridgehead atoms. The van der Waals surface area contributed by atoms with E-state index < -0.39 is 17.8 Å². The van der Waals surface area contributed by atoms with Crippen molar-refractivity contribution in [2.24, 2.45) is 0 Å². The van der Waals surface area contributed by atoms with Crippen LogP contribution in [0.5, 0.6) is 5.75 Å². The first-order valence-electron chi connectivity index (χ1n) is 13.8. The van der Waals surface area contributed by atoms with Gasteiger partial charge in [-0.3, -0.25) is 9.59 Å². The van der Waals surface area contributed by atoms with Crippen molar-refractivity contribution < 1.29 is 27.5 Å². The Labute approximate surface area is 233 Å². The molecule has 0 N–H and O–H groups in total. The van der Waals surface area contributed by atoms with Crippen LogP contribution in [0.3, 0.4) is 0 Å². The van der Waals surface area contributed by atoms with E-state index in [-0.39, 0.29) is 24.0 Å². The van der Waals surface area contributed by atoms with E-state index in [1.54, 1.807) is 23.1 Å². The SMILES string of the molecule is CCN1CCCCCCN(C(=O)c2ccc(C(F)(F)F)cc2)[C@@H](Cc2ccccc2)COc2ccccc2C1=O. The van der Waals surface area contributed by atoms with Crippen LogP contribution < -0.4 is 4.74 Å². The molecule has 3 aromatic carbocycles. The molecule has 5 nitrogen and oxygen atoms in total. The van der Waals surface area contributed by atoms with E-state index in [2.05, 4.69) is 0 Å². The summed E-state index contributed by atoms with van der Waals surface area (Å²) in [7, 11) is 0. The zero-order valence-electron chi connectivity index (χ0n) is 22.7. The van der Waals surface area contributed by atoms with Gasteiger partial charge in [-0.1, -0.05) is 55.3 Å². The molecule has 0 aromatic heterocycles. The smallest absolute Gasteiger partial charge is 0.416 e. The highest BCUT2D eigenvalue weighted by atomic mass is 19.4. The molecule has 1 aliphatic rings. The molecular weight excluding hydrogens is 517 g/mol. The van der Waals surface area contributed by atoms with Crippen LogP contribution in [0.1, 0.15) is 64.4 Å². The Morgan fingerprint density at radius 3 is 2.20 bits per heavy atom. The number of para-hydroxylation sites is 1. The number of carbonyl (C=O) groups is 2. The fourth-order valence-corrected chi connectivity index (χ4v) is 5.03. The highest BCUT2D eigenvalue weighted by Crippen LogP contribution is 2.30. The van der Waals surface area contributed by atoms with Gasteiger partial charge in [-0.25, -0.2) is 0 Å². The van der Waals surface area contributed by atoms with Gasteiger partial charge in [0.15, 0.2) is 0 Å². The van der Waals surface area contributed by atoms with Crippen LogP contribution in [-0.2, 0) is 12.6 Å². The highest BCUT2D eigenvalue weighted by molar-refractivity contribution is 5.97. The molecule has 0 unspecified atom stereocenters. The summed E-state index contributed by atoms with van der Waals surface area (Å²) in [5.41, 5.74) is 0.877. The average Bonchev–Trinajstić information content (AvgIpc) is 2.96. The zero-order valence-corrected chi connectivity index (χ0v) is 22.7. The minimum absolute atomic E-state index is 0.0903. The van der Waals surface area contributed by atoms with Gasteiger partial charge in [0, 0.05) is 25.2 Å². The normalized spacial score (nSPS) is 17.5. The molecule has 0 saturated carbocycles. The third-order valence-corrected chi connectivity index (χ3v) is 7.27. The van der Waals surface area contributed by atoms with Gasteiger partial charge < -0.3 is 14.5 Å². The van der Waals surface area contributed by atoms with Crippen molar-refractivity contribution in [1.29, 1.82) is 0 Å². The average molecular weight is 553 g/mol. The zero-order chi connectivity index (χ0) is 28.5. The Morgan fingerprint density at radius 1 is 0.875 bits per heavy atom. The molecule has 8 heteroatoms. The van der Waals surface area contributed by atoms with Gasteiger partial charge in [0.2, 0.25) is 0 Å². The molecular formula is C32H35F3N2O3. The summed E-state index contributed by atoms with van der Waals surface area (Å²) in [5.74, 6) is 0.0160. The summed E-state index contributed by atoms with van der Waals surface area (Å²) >= 11 is 0. The van der Waals surface area contributed by atoms with Crippen molar-refractivity contribution in [3.8, 4) is 5.75 Å². The summed E-state index contributed by atoms with van der Waals surface area (Å²) in [4.78, 5) is 30.7. The molecule has 4 rings (SSSR count). The number of benzene rings is 3. The molecule has 0 aliphatic carbocycles. The maximum absolute atomic E-state index is 13.8. The van der Waals surface area contributed by atoms with Crippen LogP contribution in [0, 0.1) is 0 Å². The standard InChI is InChI=1S/C32H35F3N2O3/c1-2-36-20-10-3-4-11-21-37(30(38)25-16-18-26(19-17-25)32(33,34)35)27(22-24-12-6-5-7-13-24)23-40-29-15-9-8-14-28(29)31(36)39/h5-9,12-19,27H,2-4,10-11,20-23H2,1H3/t27-/m0/s1. The largest absolute Gasteiger partial charge is 0.491 e. The first kappa shape index (κ1) is 29.2. The molecule has 1 atom stereocenters. The Hall–Kier alpha value is -3.81. The Morgan fingerprint density at radius 2 is 1.52 bits per heavy atom. The van der Waals surface area contributed by atoms with Gasteiger partial charge in [0.25, 0.3) is 11.8 Å². The maximum Gasteiger partial charge on any atom is 0.416 e. The Bertz CT molecular complexity index is 1260. The molecule has 0 saturated heterocycles. The monoisotopic (exact) mass is 552 g/mol. The molecule has 3 aromatic rings. The summed E-state index contributed by atoms with van der Waals surface area (Å²) < 4.78 is 45.7. The van der Waals surface area contributed by atoms with Gasteiger partial charge in [-0.15, -0.1) is 0 Å². The second-order valence-electron chi connectivity index (χ2n) is 10.0. The van der Waals surface area contributed by atoms with Crippen molar-refractivity contribution in [2.75, 3.05) is 26.2 Å². The van der Waals surface area contributed by atoms with Crippen LogP contribution in [0.15, 0.2) is 78.9 Å². The lowest BCUT2D eigenvalue weighted by atomic mass is 10.0. The molecule has 1 aliphatic heterocycles. The maximum atomic E-state index is 13.8. The molecule has 212 valence electrons. The number of rotatable bonds is 4. The van der Waals surface area contributed by atoms with Crippen LogP contribution in [0.2, 0.25) is 0 Å². The number of halogens is 3. The number of alkyl halides is 3. The predicted octanol–water partition coefficient (Wildman–Crippen LogP) is 6.87. The number of carbonyl (C=O) groups excluding carboxylic acids is 2. The van der Waals surface area contributed by atoms with Crippen LogP contribution in [0.25, 0.3) is 0 Å². The fourth-order valence-electron chi connectivity index (χ4n) is 5.03. The van der Waals surface area contributed by atoms with Gasteiger partial charge in [-0.05, 0) is 68.1 Å². The Balaban J connectivity index is 1.68. The second-order valence-corrected chi connectivity index (χ2v) is 10.0. The van der Waals surface area contributed by atoms with Crippen LogP contribution in [0.4, 0.5) is 13.2 Å². The van der Waals surface area contributed by atoms with E-state index in [9.17, 15) is 22.8 Å². The topological polar surface area (TPSA) is 49.9 Å². The number of nitrogens with zero attached hydrogens (tertiary/aromatic N) is 2. The van der Waals surface area contributed by atoms with E-state index in [1.165, 1.54) is 12.1 Å². The van der Waals surface area contributed by atoms with E-state index >= 15 is 0 Å². The van der Waals surface area contributed by atoms with Gasteiger partial charge >= 0.3 is 6.18 Å². The summed E-state index contributed by atoms with van der Waals surface area (Å²) in [6, 6.07) is 20.8. The van der Waals surface area contributed by atoms with Gasteiger partial charge in [0.05, 0.1) is 17.2 Å². The number of hydrogen-bond donors (Lipinski definition) is 0. The highest BCUT2D eigenvalue weighted by Gasteiger charge is 2.31. The van der Waals surface area contributed by atoms with Crippen LogP contribution in [-0.4, -0.2) is 53.9 Å². The summed E-state index contributed by atoms with van der Waals surface area (Å²) in [5, 5.41) is 0. The third-order valence-electron chi connectivity index (χ3n) is 7.27. The quantitative estimate of drug-likeness (QED) is 0.355. The molecule has 0 spiro atoms. The lowest BCUT2D eigenvalue weighted by Crippen LogP contribution is -2.46. The van der Waals surface area contributed by atoms with E-state index in [1.807, 2.05) is 48.2 Å². The minimum atomic E-state index is -4.48. The van der Waals surface area contributed by atoms with Crippen molar-refractivity contribution in [2.45, 2.75) is 51.2 Å². The first-order valence-corrected chi connectivity index (χ1v) is 13.8. The first-order chi connectivity index (χ1) is 19.3. The van der Waals surface area contributed by atoms with E-state index in [0.29, 0.717) is 37.4 Å². The molecule has 0 fully saturated rings. The molecule has 1 heterocycles. The van der Waals surface area contributed by atoms with E-state index in [0.717, 1.165) is 43.4 Å². The van der Waals surface area contributed by atoms with Crippen molar-refractivity contribution >= 4 is 11.8 Å². The fraction of sp³-hybridized carbons (Fsp3) is 0.375. The van der Waals surface area contributed by atoms with E-state index in [4.69, 9.17) is 4.74 Å². The molecule has 40 heavy (non-hydrogen) atoms. The van der Waals surface area contributed by atoms with Crippen LogP contribution >= 0.6 is 0 Å². The van der Waals surface area contributed by atoms with Crippen molar-refractivity contribution in [3.63, 3.8) is 0 Å². The lowest BCUT2D eigenvalue weighted by molar-refractivity contribution is -0.137. The second kappa shape index (κ2) is 13.5. The van der Waals surface area contributed by atoms with Gasteiger partial charge in [0.1, 0.15) is 12.4 Å². The summed E-state index contributed by atoms with van der Waals surface area (Å²) in [6.45, 7) is 3.76. The minimum Gasteiger partial charge on any atom is -0.491 e. The van der Waals surface area contributed by atoms with Crippen molar-refractivity contribution in [1.82, 2.24) is 9.80 Å². The third kappa shape index (κ3) is 7.43. The number of ether oxygens (including phenoxy) is 1. The van der Waals surface area contributed by atoms with Crippen molar-refractivity contribution in [3.05, 3.63) is 101 Å². The predicted molar refractivity (Wildman–Crippen MR) is 148 cm³/mol. The van der Waals surface area contributed by atoms with Gasteiger partial charge in [-0.2, -0.15) is 13.2 Å². The molecule has 2 amide bonds. The number of amides is 2. The summed E-state index contributed by atoms with van der Waals surface area (Å²) in [6.07, 6.45) is -0.665. The molecule has 0 radical (unpaired) electrons. The lowest BCUT2D eigenvalue weighted by Gasteiger charge is -2.33.